The molecule has 0 saturated heterocycles. The Labute approximate surface area is 102 Å². The SMILES string of the molecule is CCB(CC)c1ccccc1B(CC)CC. The van der Waals surface area contributed by atoms with E-state index in [1.807, 2.05) is 0 Å². The molecule has 0 aliphatic carbocycles. The topological polar surface area (TPSA) is 0 Å². The molecule has 86 valence electrons. The fourth-order valence-corrected chi connectivity index (χ4v) is 2.71. The van der Waals surface area contributed by atoms with E-state index >= 15 is 0 Å². The van der Waals surface area contributed by atoms with Gasteiger partial charge in [-0.05, 0) is 0 Å². The molecule has 1 rings (SSSR count). The summed E-state index contributed by atoms with van der Waals surface area (Å²) in [6.45, 7) is 10.7. The largest absolute Gasteiger partial charge is 0.174 e. The molecule has 0 fully saturated rings. The van der Waals surface area contributed by atoms with E-state index in [1.54, 1.807) is 10.9 Å². The van der Waals surface area contributed by atoms with Gasteiger partial charge in [-0.1, -0.05) is 88.2 Å². The van der Waals surface area contributed by atoms with Crippen molar-refractivity contribution in [3.8, 4) is 0 Å². The average molecular weight is 214 g/mol. The van der Waals surface area contributed by atoms with E-state index in [-0.39, 0.29) is 0 Å². The van der Waals surface area contributed by atoms with Gasteiger partial charge < -0.3 is 0 Å². The van der Waals surface area contributed by atoms with Crippen LogP contribution in [-0.4, -0.2) is 13.4 Å². The first-order valence-corrected chi connectivity index (χ1v) is 6.87. The van der Waals surface area contributed by atoms with Crippen LogP contribution >= 0.6 is 0 Å². The smallest absolute Gasteiger partial charge is 0.0855 e. The van der Waals surface area contributed by atoms with Crippen molar-refractivity contribution in [2.75, 3.05) is 0 Å². The summed E-state index contributed by atoms with van der Waals surface area (Å²) in [6.07, 6.45) is 5.03. The van der Waals surface area contributed by atoms with Crippen LogP contribution in [0.2, 0.25) is 25.3 Å². The molecule has 0 radical (unpaired) electrons. The van der Waals surface area contributed by atoms with E-state index in [2.05, 4.69) is 52.0 Å². The third-order valence-electron chi connectivity index (χ3n) is 3.85. The minimum atomic E-state index is 0.747. The van der Waals surface area contributed by atoms with Crippen LogP contribution in [0, 0.1) is 0 Å². The summed E-state index contributed by atoms with van der Waals surface area (Å²) in [4.78, 5) is 0. The lowest BCUT2D eigenvalue weighted by atomic mass is 9.32. The third-order valence-corrected chi connectivity index (χ3v) is 3.85. The molecule has 0 heterocycles. The Balaban J connectivity index is 3.07. The molecule has 0 bridgehead atoms. The van der Waals surface area contributed by atoms with Crippen molar-refractivity contribution in [2.24, 2.45) is 0 Å². The number of rotatable bonds is 6. The van der Waals surface area contributed by atoms with Gasteiger partial charge in [0.1, 0.15) is 0 Å². The lowest BCUT2D eigenvalue weighted by molar-refractivity contribution is 1.32. The number of hydrogen-bond donors (Lipinski definition) is 0. The Kier molecular flexibility index (Phi) is 5.73. The van der Waals surface area contributed by atoms with Gasteiger partial charge in [-0.25, -0.2) is 0 Å². The highest BCUT2D eigenvalue weighted by molar-refractivity contribution is 6.84. The maximum atomic E-state index is 2.34. The van der Waals surface area contributed by atoms with Gasteiger partial charge in [0.25, 0.3) is 0 Å². The molecular weight excluding hydrogens is 190 g/mol. The van der Waals surface area contributed by atoms with Crippen molar-refractivity contribution < 1.29 is 0 Å². The highest BCUT2D eigenvalue weighted by atomic mass is 13.9. The summed E-state index contributed by atoms with van der Waals surface area (Å²) >= 11 is 0. The standard InChI is InChI=1S/C14H24B2/c1-5-15(6-2)13-11-9-10-12-14(13)16(7-3)8-4/h9-12H,5-8H2,1-4H3. The molecule has 0 aliphatic rings. The van der Waals surface area contributed by atoms with Gasteiger partial charge in [0.05, 0.1) is 0 Å². The maximum Gasteiger partial charge on any atom is 0.174 e. The normalized spacial score (nSPS) is 10.2. The van der Waals surface area contributed by atoms with Crippen molar-refractivity contribution in [1.29, 1.82) is 0 Å². The lowest BCUT2D eigenvalue weighted by Gasteiger charge is -2.19. The van der Waals surface area contributed by atoms with Crippen LogP contribution < -0.4 is 10.9 Å². The molecule has 0 unspecified atom stereocenters. The Hall–Kier alpha value is -0.650. The Morgan fingerprint density at radius 1 is 0.688 bits per heavy atom. The molecule has 0 aliphatic heterocycles. The first-order valence-electron chi connectivity index (χ1n) is 6.87. The Morgan fingerprint density at radius 2 is 1.00 bits per heavy atom. The molecule has 0 N–H and O–H groups in total. The van der Waals surface area contributed by atoms with Crippen molar-refractivity contribution in [1.82, 2.24) is 0 Å². The zero-order valence-electron chi connectivity index (χ0n) is 11.3. The highest BCUT2D eigenvalue weighted by Crippen LogP contribution is 2.03. The van der Waals surface area contributed by atoms with E-state index in [0.717, 1.165) is 13.4 Å². The van der Waals surface area contributed by atoms with Crippen molar-refractivity contribution in [3.63, 3.8) is 0 Å². The zero-order chi connectivity index (χ0) is 12.0. The first kappa shape index (κ1) is 13.4. The van der Waals surface area contributed by atoms with Crippen molar-refractivity contribution >= 4 is 24.4 Å². The molecule has 16 heavy (non-hydrogen) atoms. The molecule has 0 nitrogen and oxygen atoms in total. The van der Waals surface area contributed by atoms with Gasteiger partial charge in [0.2, 0.25) is 0 Å². The maximum absolute atomic E-state index is 2.34. The van der Waals surface area contributed by atoms with Gasteiger partial charge in [0, 0.05) is 0 Å². The minimum Gasteiger partial charge on any atom is -0.0855 e. The second kappa shape index (κ2) is 6.83. The minimum absolute atomic E-state index is 0.747. The molecule has 2 heteroatoms. The number of benzene rings is 1. The van der Waals surface area contributed by atoms with Crippen molar-refractivity contribution in [3.05, 3.63) is 24.3 Å². The van der Waals surface area contributed by atoms with Crippen LogP contribution in [0.15, 0.2) is 24.3 Å². The highest BCUT2D eigenvalue weighted by Gasteiger charge is 2.20. The molecule has 0 aromatic heterocycles. The monoisotopic (exact) mass is 214 g/mol. The number of hydrogen-bond acceptors (Lipinski definition) is 0. The van der Waals surface area contributed by atoms with Crippen LogP contribution in [0.1, 0.15) is 27.7 Å². The molecule has 0 spiro atoms. The van der Waals surface area contributed by atoms with Gasteiger partial charge in [-0.15, -0.1) is 0 Å². The second-order valence-corrected chi connectivity index (χ2v) is 4.66. The van der Waals surface area contributed by atoms with E-state index in [9.17, 15) is 0 Å². The molecule has 0 amide bonds. The fraction of sp³-hybridized carbons (Fsp3) is 0.571. The fourth-order valence-electron chi connectivity index (χ4n) is 2.71. The summed E-state index contributed by atoms with van der Waals surface area (Å²) in [6, 6.07) is 9.07. The lowest BCUT2D eigenvalue weighted by Crippen LogP contribution is -2.47. The Bertz CT molecular complexity index is 270. The summed E-state index contributed by atoms with van der Waals surface area (Å²) in [5, 5.41) is 0. The molecule has 1 aromatic rings. The second-order valence-electron chi connectivity index (χ2n) is 4.66. The predicted molar refractivity (Wildman–Crippen MR) is 79.1 cm³/mol. The molecular formula is C14H24B2. The van der Waals surface area contributed by atoms with Crippen molar-refractivity contribution in [2.45, 2.75) is 53.0 Å². The van der Waals surface area contributed by atoms with E-state index in [4.69, 9.17) is 0 Å². The third kappa shape index (κ3) is 2.93. The summed E-state index contributed by atoms with van der Waals surface area (Å²) in [5.74, 6) is 0. The quantitative estimate of drug-likeness (QED) is 0.638. The molecule has 1 aromatic carbocycles. The molecule has 0 saturated carbocycles. The Morgan fingerprint density at radius 3 is 1.25 bits per heavy atom. The zero-order valence-corrected chi connectivity index (χ0v) is 11.3. The van der Waals surface area contributed by atoms with Gasteiger partial charge >= 0.3 is 0 Å². The average Bonchev–Trinajstić information content (AvgIpc) is 2.34. The predicted octanol–water partition coefficient (Wildman–Crippen LogP) is 3.17. The van der Waals surface area contributed by atoms with E-state index in [0.29, 0.717) is 0 Å². The van der Waals surface area contributed by atoms with Crippen LogP contribution in [0.4, 0.5) is 0 Å². The summed E-state index contributed by atoms with van der Waals surface area (Å²) in [5.41, 5.74) is 3.20. The van der Waals surface area contributed by atoms with E-state index in [1.165, 1.54) is 25.3 Å². The summed E-state index contributed by atoms with van der Waals surface area (Å²) < 4.78 is 0. The van der Waals surface area contributed by atoms with Gasteiger partial charge in [0.15, 0.2) is 13.4 Å². The van der Waals surface area contributed by atoms with E-state index < -0.39 is 0 Å². The van der Waals surface area contributed by atoms with Gasteiger partial charge in [-0.3, -0.25) is 0 Å². The van der Waals surface area contributed by atoms with Crippen LogP contribution in [-0.2, 0) is 0 Å². The first-order chi connectivity index (χ1) is 7.78. The van der Waals surface area contributed by atoms with Crippen LogP contribution in [0.3, 0.4) is 0 Å². The van der Waals surface area contributed by atoms with Crippen LogP contribution in [0.5, 0.6) is 0 Å². The summed E-state index contributed by atoms with van der Waals surface area (Å²) in [7, 11) is 0. The molecule has 0 atom stereocenters. The van der Waals surface area contributed by atoms with Crippen LogP contribution in [0.25, 0.3) is 0 Å². The van der Waals surface area contributed by atoms with Gasteiger partial charge in [-0.2, -0.15) is 0 Å².